The maximum Gasteiger partial charge on any atom is 0.402 e. The second-order valence-corrected chi connectivity index (χ2v) is 10.3. The van der Waals surface area contributed by atoms with Crippen LogP contribution >= 0.6 is 0 Å². The van der Waals surface area contributed by atoms with E-state index in [4.69, 9.17) is 9.29 Å². The van der Waals surface area contributed by atoms with Crippen molar-refractivity contribution in [3.05, 3.63) is 12.2 Å². The molecule has 28 heavy (non-hydrogen) atoms. The van der Waals surface area contributed by atoms with Crippen molar-refractivity contribution in [2.24, 2.45) is 17.3 Å². The van der Waals surface area contributed by atoms with E-state index in [1.807, 2.05) is 0 Å². The van der Waals surface area contributed by atoms with Gasteiger partial charge in [0.05, 0.1) is 6.42 Å². The lowest BCUT2D eigenvalue weighted by molar-refractivity contribution is -0.201. The molecule has 10 heteroatoms. The monoisotopic (exact) mass is 422 g/mol. The lowest BCUT2D eigenvalue weighted by Crippen LogP contribution is -2.58. The van der Waals surface area contributed by atoms with Crippen LogP contribution in [0.5, 0.6) is 0 Å². The van der Waals surface area contributed by atoms with Gasteiger partial charge in [-0.25, -0.2) is 4.79 Å². The summed E-state index contributed by atoms with van der Waals surface area (Å²) in [5.41, 5.74) is -0.917. The molecule has 4 saturated carbocycles. The van der Waals surface area contributed by atoms with E-state index in [9.17, 15) is 26.8 Å². The molecule has 7 nitrogen and oxygen atoms in total. The molecule has 4 aliphatic rings. The summed E-state index contributed by atoms with van der Waals surface area (Å²) >= 11 is 0. The van der Waals surface area contributed by atoms with E-state index in [-0.39, 0.29) is 23.8 Å². The van der Waals surface area contributed by atoms with Crippen molar-refractivity contribution in [3.8, 4) is 0 Å². The summed E-state index contributed by atoms with van der Waals surface area (Å²) in [6.45, 7) is 3.43. The summed E-state index contributed by atoms with van der Waals surface area (Å²) in [6, 6.07) is 0. The third-order valence-electron chi connectivity index (χ3n) is 6.08. The van der Waals surface area contributed by atoms with Gasteiger partial charge in [0, 0.05) is 5.57 Å². The molecule has 0 aromatic carbocycles. The van der Waals surface area contributed by atoms with E-state index >= 15 is 0 Å². The van der Waals surface area contributed by atoms with Gasteiger partial charge in [0.15, 0.2) is 6.61 Å². The fourth-order valence-electron chi connectivity index (χ4n) is 5.57. The molecule has 0 saturated heterocycles. The highest BCUT2D eigenvalue weighted by Gasteiger charge is 2.60. The molecule has 4 rings (SSSR count). The smallest absolute Gasteiger partial charge is 0.402 e. The molecule has 1 N–H and O–H groups in total. The first kappa shape index (κ1) is 21.2. The second-order valence-electron chi connectivity index (χ2n) is 8.76. The van der Waals surface area contributed by atoms with Crippen LogP contribution in [0.25, 0.3) is 0 Å². The summed E-state index contributed by atoms with van der Waals surface area (Å²) < 4.78 is 66.6. The molecule has 0 spiro atoms. The molecule has 158 valence electrons. The lowest BCUT2D eigenvalue weighted by atomic mass is 9.47. The summed E-state index contributed by atoms with van der Waals surface area (Å²) in [5, 5.41) is -4.55. The summed E-state index contributed by atoms with van der Waals surface area (Å²) in [5.74, 6) is -0.892. The minimum atomic E-state index is -5.66. The van der Waals surface area contributed by atoms with Crippen LogP contribution < -0.4 is 0 Å². The predicted molar refractivity (Wildman–Crippen MR) is 92.8 cm³/mol. The third-order valence-corrected chi connectivity index (χ3v) is 6.96. The van der Waals surface area contributed by atoms with Crippen molar-refractivity contribution in [1.29, 1.82) is 0 Å². The fraction of sp³-hybridized carbons (Fsp3) is 0.778. The molecule has 4 bridgehead atoms. The molecule has 2 unspecified atom stereocenters. The van der Waals surface area contributed by atoms with Crippen LogP contribution in [0, 0.1) is 17.3 Å². The molecule has 4 fully saturated rings. The zero-order chi connectivity index (χ0) is 21.0. The van der Waals surface area contributed by atoms with Gasteiger partial charge in [-0.1, -0.05) is 6.58 Å². The van der Waals surface area contributed by atoms with Gasteiger partial charge in [-0.3, -0.25) is 9.35 Å². The number of carbonyl (C=O) groups excluding carboxylic acids is 2. The van der Waals surface area contributed by atoms with E-state index in [1.54, 1.807) is 6.92 Å². The Kier molecular flexibility index (Phi) is 5.11. The number of halogens is 2. The zero-order valence-corrected chi connectivity index (χ0v) is 16.4. The molecule has 4 aliphatic carbocycles. The lowest BCUT2D eigenvalue weighted by Gasteiger charge is -2.61. The van der Waals surface area contributed by atoms with Gasteiger partial charge in [-0.15, -0.1) is 0 Å². The minimum Gasteiger partial charge on any atom is -0.458 e. The molecule has 0 aliphatic heterocycles. The quantitative estimate of drug-likeness (QED) is 0.382. The predicted octanol–water partition coefficient (Wildman–Crippen LogP) is 2.86. The second kappa shape index (κ2) is 6.76. The topological polar surface area (TPSA) is 107 Å². The van der Waals surface area contributed by atoms with E-state index in [0.717, 1.165) is 6.42 Å². The van der Waals surface area contributed by atoms with Crippen LogP contribution in [0.15, 0.2) is 12.2 Å². The number of ether oxygens (including phenoxy) is 2. The molecular weight excluding hydrogens is 398 g/mol. The van der Waals surface area contributed by atoms with Crippen LogP contribution in [0.4, 0.5) is 8.78 Å². The third kappa shape index (κ3) is 4.07. The number of hydrogen-bond acceptors (Lipinski definition) is 6. The van der Waals surface area contributed by atoms with Crippen LogP contribution in [-0.2, 0) is 29.2 Å². The van der Waals surface area contributed by atoms with Crippen LogP contribution in [-0.4, -0.2) is 42.4 Å². The number of rotatable bonds is 7. The molecule has 0 heterocycles. The standard InChI is InChI=1S/C18H24F2O7S/c1-11(2)15(22)27-17-6-12-3-13(7-17)5-16(4-12,9-17)8-14(21)26-10-18(19,20)28(23,24)25/h12-13H,1,3-10H2,2H3,(H,23,24,25). The van der Waals surface area contributed by atoms with Crippen LogP contribution in [0.1, 0.15) is 51.9 Å². The Morgan fingerprint density at radius 1 is 1.21 bits per heavy atom. The summed E-state index contributed by atoms with van der Waals surface area (Å²) in [4.78, 5) is 24.3. The number of carbonyl (C=O) groups is 2. The van der Waals surface area contributed by atoms with Gasteiger partial charge in [0.25, 0.3) is 0 Å². The SMILES string of the molecule is C=C(C)C(=O)OC12CC3CC(CC(CC(=O)OCC(F)(F)S(=O)(=O)O)(C3)C1)C2. The Balaban J connectivity index is 1.69. The highest BCUT2D eigenvalue weighted by molar-refractivity contribution is 7.86. The molecule has 2 atom stereocenters. The Morgan fingerprint density at radius 2 is 1.79 bits per heavy atom. The Bertz CT molecular complexity index is 791. The van der Waals surface area contributed by atoms with Crippen molar-refractivity contribution in [2.75, 3.05) is 6.61 Å². The Morgan fingerprint density at radius 3 is 2.29 bits per heavy atom. The van der Waals surface area contributed by atoms with E-state index in [0.29, 0.717) is 32.1 Å². The van der Waals surface area contributed by atoms with E-state index in [1.165, 1.54) is 0 Å². The maximum atomic E-state index is 13.3. The first-order valence-corrected chi connectivity index (χ1v) is 10.6. The van der Waals surface area contributed by atoms with Gasteiger partial charge in [0.1, 0.15) is 5.60 Å². The summed E-state index contributed by atoms with van der Waals surface area (Å²) in [6.07, 6.45) is 4.09. The highest BCUT2D eigenvalue weighted by atomic mass is 32.2. The normalized spacial score (nSPS) is 34.1. The average Bonchev–Trinajstić information content (AvgIpc) is 2.49. The minimum absolute atomic E-state index is 0.159. The summed E-state index contributed by atoms with van der Waals surface area (Å²) in [7, 11) is -5.66. The zero-order valence-electron chi connectivity index (χ0n) is 15.6. The van der Waals surface area contributed by atoms with E-state index in [2.05, 4.69) is 11.3 Å². The van der Waals surface area contributed by atoms with Gasteiger partial charge in [-0.2, -0.15) is 17.2 Å². The number of alkyl halides is 2. The van der Waals surface area contributed by atoms with E-state index < -0.39 is 44.9 Å². The molecule has 0 radical (unpaired) electrons. The maximum absolute atomic E-state index is 13.3. The first-order chi connectivity index (χ1) is 12.7. The van der Waals surface area contributed by atoms with Gasteiger partial charge in [0.2, 0.25) is 0 Å². The number of esters is 2. The molecule has 0 aromatic rings. The van der Waals surface area contributed by atoms with Crippen molar-refractivity contribution in [1.82, 2.24) is 0 Å². The van der Waals surface area contributed by atoms with Gasteiger partial charge in [-0.05, 0) is 62.7 Å². The number of hydrogen-bond donors (Lipinski definition) is 1. The van der Waals surface area contributed by atoms with Crippen molar-refractivity contribution in [2.45, 2.75) is 62.7 Å². The molecular formula is C18H24F2O7S. The van der Waals surface area contributed by atoms with Crippen LogP contribution in [0.2, 0.25) is 0 Å². The first-order valence-electron chi connectivity index (χ1n) is 9.14. The highest BCUT2D eigenvalue weighted by Crippen LogP contribution is 2.64. The Labute approximate surface area is 162 Å². The van der Waals surface area contributed by atoms with Crippen LogP contribution in [0.3, 0.4) is 0 Å². The van der Waals surface area contributed by atoms with Gasteiger partial charge < -0.3 is 9.47 Å². The average molecular weight is 422 g/mol. The van der Waals surface area contributed by atoms with Crippen molar-refractivity contribution < 1.29 is 40.8 Å². The Hall–Kier alpha value is -1.55. The molecule has 0 aromatic heterocycles. The van der Waals surface area contributed by atoms with Gasteiger partial charge >= 0.3 is 27.3 Å². The molecule has 0 amide bonds. The van der Waals surface area contributed by atoms with Crippen molar-refractivity contribution in [3.63, 3.8) is 0 Å². The van der Waals surface area contributed by atoms with Crippen molar-refractivity contribution >= 4 is 22.1 Å². The fourth-order valence-corrected chi connectivity index (χ4v) is 5.78. The largest absolute Gasteiger partial charge is 0.458 e.